The Balaban J connectivity index is 2.60. The summed E-state index contributed by atoms with van der Waals surface area (Å²) in [7, 11) is 1.67. The van der Waals surface area contributed by atoms with Gasteiger partial charge in [-0.05, 0) is 26.7 Å². The van der Waals surface area contributed by atoms with Gasteiger partial charge in [-0.25, -0.2) is 8.42 Å². The molecule has 78 valence electrons. The summed E-state index contributed by atoms with van der Waals surface area (Å²) in [6.07, 6.45) is 2.15. The predicted molar refractivity (Wildman–Crippen MR) is 53.0 cm³/mol. The highest BCUT2D eigenvalue weighted by atomic mass is 35.7. The monoisotopic (exact) mass is 234 g/mol. The zero-order chi connectivity index (χ0) is 10.5. The van der Waals surface area contributed by atoms with Gasteiger partial charge in [0.05, 0.1) is 17.4 Å². The first-order valence-electron chi connectivity index (χ1n) is 4.41. The van der Waals surface area contributed by atoms with Crippen LogP contribution in [0.2, 0.25) is 0 Å². The van der Waals surface area contributed by atoms with Crippen LogP contribution in [0.25, 0.3) is 0 Å². The molecule has 0 radical (unpaired) electrons. The van der Waals surface area contributed by atoms with Gasteiger partial charge in [-0.3, -0.25) is 4.68 Å². The Bertz CT molecular complexity index is 474. The molecule has 6 heteroatoms. The van der Waals surface area contributed by atoms with Crippen LogP contribution in [0.4, 0.5) is 0 Å². The van der Waals surface area contributed by atoms with Crippen LogP contribution in [0, 0.1) is 13.8 Å². The minimum absolute atomic E-state index is 0.172. The van der Waals surface area contributed by atoms with Crippen molar-refractivity contribution in [2.24, 2.45) is 0 Å². The standard InChI is InChI=1S/C8H11ClN2O2S/c1-5-8(14(9,12)13)6(2)11(10-5)7-3-4-7/h7H,3-4H2,1-2H3. The molecule has 0 N–H and O–H groups in total. The maximum absolute atomic E-state index is 11.2. The number of hydrogen-bond donors (Lipinski definition) is 0. The van der Waals surface area contributed by atoms with E-state index in [4.69, 9.17) is 10.7 Å². The zero-order valence-electron chi connectivity index (χ0n) is 7.99. The Labute approximate surface area is 87.3 Å². The number of rotatable bonds is 2. The van der Waals surface area contributed by atoms with Crippen LogP contribution < -0.4 is 0 Å². The topological polar surface area (TPSA) is 52.0 Å². The second-order valence-corrected chi connectivity index (χ2v) is 6.12. The summed E-state index contributed by atoms with van der Waals surface area (Å²) in [5.74, 6) is 0. The Hall–Kier alpha value is -0.550. The summed E-state index contributed by atoms with van der Waals surface area (Å²) >= 11 is 0. The molecular weight excluding hydrogens is 224 g/mol. The summed E-state index contributed by atoms with van der Waals surface area (Å²) in [4.78, 5) is 0.172. The second kappa shape index (κ2) is 2.97. The molecule has 0 saturated heterocycles. The number of aromatic nitrogens is 2. The lowest BCUT2D eigenvalue weighted by Gasteiger charge is -2.00. The van der Waals surface area contributed by atoms with Crippen LogP contribution in [-0.4, -0.2) is 18.2 Å². The van der Waals surface area contributed by atoms with Crippen molar-refractivity contribution in [1.29, 1.82) is 0 Å². The molecule has 0 aromatic carbocycles. The van der Waals surface area contributed by atoms with Crippen molar-refractivity contribution in [3.05, 3.63) is 11.4 Å². The molecule has 1 aromatic heterocycles. The minimum Gasteiger partial charge on any atom is -0.265 e. The lowest BCUT2D eigenvalue weighted by atomic mass is 10.4. The fourth-order valence-electron chi connectivity index (χ4n) is 1.68. The van der Waals surface area contributed by atoms with Gasteiger partial charge in [-0.1, -0.05) is 0 Å². The maximum atomic E-state index is 11.2. The van der Waals surface area contributed by atoms with Crippen LogP contribution >= 0.6 is 10.7 Å². The van der Waals surface area contributed by atoms with E-state index in [1.165, 1.54) is 0 Å². The van der Waals surface area contributed by atoms with Gasteiger partial charge >= 0.3 is 0 Å². The molecule has 0 aliphatic heterocycles. The molecule has 0 spiro atoms. The van der Waals surface area contributed by atoms with E-state index < -0.39 is 9.05 Å². The molecule has 0 unspecified atom stereocenters. The van der Waals surface area contributed by atoms with E-state index in [0.717, 1.165) is 12.8 Å². The predicted octanol–water partition coefficient (Wildman–Crippen LogP) is 1.76. The Kier molecular flexibility index (Phi) is 2.12. The van der Waals surface area contributed by atoms with Crippen LogP contribution in [-0.2, 0) is 9.05 Å². The van der Waals surface area contributed by atoms with Crippen LogP contribution in [0.1, 0.15) is 30.3 Å². The van der Waals surface area contributed by atoms with Crippen molar-refractivity contribution in [2.45, 2.75) is 37.6 Å². The van der Waals surface area contributed by atoms with Gasteiger partial charge in [0.25, 0.3) is 9.05 Å². The first-order chi connectivity index (χ1) is 6.41. The first-order valence-corrected chi connectivity index (χ1v) is 6.72. The van der Waals surface area contributed by atoms with Gasteiger partial charge in [0.15, 0.2) is 0 Å². The van der Waals surface area contributed by atoms with Crippen molar-refractivity contribution in [3.8, 4) is 0 Å². The summed E-state index contributed by atoms with van der Waals surface area (Å²) < 4.78 is 24.3. The SMILES string of the molecule is Cc1nn(C2CC2)c(C)c1S(=O)(=O)Cl. The molecule has 14 heavy (non-hydrogen) atoms. The van der Waals surface area contributed by atoms with Gasteiger partial charge < -0.3 is 0 Å². The highest BCUT2D eigenvalue weighted by Gasteiger charge is 2.30. The first kappa shape index (κ1) is 9.98. The summed E-state index contributed by atoms with van der Waals surface area (Å²) in [5, 5.41) is 4.19. The lowest BCUT2D eigenvalue weighted by Crippen LogP contribution is -2.00. The summed E-state index contributed by atoms with van der Waals surface area (Å²) in [6.45, 7) is 3.41. The molecule has 4 nitrogen and oxygen atoms in total. The van der Waals surface area contributed by atoms with Gasteiger partial charge in [0.2, 0.25) is 0 Å². The number of nitrogens with zero attached hydrogens (tertiary/aromatic N) is 2. The average Bonchev–Trinajstić information content (AvgIpc) is 2.76. The third-order valence-electron chi connectivity index (χ3n) is 2.40. The highest BCUT2D eigenvalue weighted by molar-refractivity contribution is 8.13. The van der Waals surface area contributed by atoms with E-state index in [2.05, 4.69) is 5.10 Å². The van der Waals surface area contributed by atoms with E-state index in [9.17, 15) is 8.42 Å². The number of hydrogen-bond acceptors (Lipinski definition) is 3. The molecule has 0 amide bonds. The van der Waals surface area contributed by atoms with Gasteiger partial charge in [-0.2, -0.15) is 5.10 Å². The third-order valence-corrected chi connectivity index (χ3v) is 3.94. The summed E-state index contributed by atoms with van der Waals surface area (Å²) in [6, 6.07) is 0.376. The van der Waals surface area contributed by atoms with E-state index >= 15 is 0 Å². The Morgan fingerprint density at radius 2 is 2.00 bits per heavy atom. The molecule has 1 saturated carbocycles. The van der Waals surface area contributed by atoms with Crippen molar-refractivity contribution in [2.75, 3.05) is 0 Å². The van der Waals surface area contributed by atoms with E-state index in [0.29, 0.717) is 17.4 Å². The number of halogens is 1. The van der Waals surface area contributed by atoms with Crippen LogP contribution in [0.15, 0.2) is 4.90 Å². The normalized spacial score (nSPS) is 17.4. The van der Waals surface area contributed by atoms with Gasteiger partial charge in [-0.15, -0.1) is 0 Å². The fraction of sp³-hybridized carbons (Fsp3) is 0.625. The van der Waals surface area contributed by atoms with Crippen LogP contribution in [0.3, 0.4) is 0 Å². The molecule has 1 aliphatic carbocycles. The van der Waals surface area contributed by atoms with E-state index in [1.54, 1.807) is 18.5 Å². The summed E-state index contributed by atoms with van der Waals surface area (Å²) in [5.41, 5.74) is 1.14. The van der Waals surface area contributed by atoms with Crippen molar-refractivity contribution in [1.82, 2.24) is 9.78 Å². The van der Waals surface area contributed by atoms with Crippen molar-refractivity contribution in [3.63, 3.8) is 0 Å². The molecular formula is C8H11ClN2O2S. The zero-order valence-corrected chi connectivity index (χ0v) is 9.56. The molecule has 0 atom stereocenters. The molecule has 1 aliphatic rings. The Morgan fingerprint density at radius 1 is 1.43 bits per heavy atom. The van der Waals surface area contributed by atoms with Gasteiger partial charge in [0.1, 0.15) is 4.90 Å². The smallest absolute Gasteiger partial charge is 0.264 e. The molecule has 0 bridgehead atoms. The molecule has 2 rings (SSSR count). The molecule has 1 heterocycles. The minimum atomic E-state index is -3.66. The highest BCUT2D eigenvalue weighted by Crippen LogP contribution is 2.37. The largest absolute Gasteiger partial charge is 0.265 e. The fourth-order valence-corrected chi connectivity index (χ4v) is 3.19. The van der Waals surface area contributed by atoms with Gasteiger partial charge in [0, 0.05) is 10.7 Å². The van der Waals surface area contributed by atoms with Crippen molar-refractivity contribution < 1.29 is 8.42 Å². The number of aryl methyl sites for hydroxylation is 1. The lowest BCUT2D eigenvalue weighted by molar-refractivity contribution is 0.603. The second-order valence-electron chi connectivity index (χ2n) is 3.61. The third kappa shape index (κ3) is 1.54. The quantitative estimate of drug-likeness (QED) is 0.733. The van der Waals surface area contributed by atoms with Crippen molar-refractivity contribution >= 4 is 19.7 Å². The van der Waals surface area contributed by atoms with Crippen LogP contribution in [0.5, 0.6) is 0 Å². The average molecular weight is 235 g/mol. The molecule has 1 fully saturated rings. The Morgan fingerprint density at radius 3 is 2.36 bits per heavy atom. The van der Waals surface area contributed by atoms with E-state index in [1.807, 2.05) is 0 Å². The maximum Gasteiger partial charge on any atom is 0.264 e. The molecule has 1 aromatic rings. The van der Waals surface area contributed by atoms with E-state index in [-0.39, 0.29) is 4.90 Å².